The van der Waals surface area contributed by atoms with Gasteiger partial charge in [-0.25, -0.2) is 0 Å². The van der Waals surface area contributed by atoms with E-state index < -0.39 is 0 Å². The Bertz CT molecular complexity index is 447. The van der Waals surface area contributed by atoms with Gasteiger partial charge in [0.2, 0.25) is 5.91 Å². The first-order valence-electron chi connectivity index (χ1n) is 7.82. The first-order valence-corrected chi connectivity index (χ1v) is 7.82. The fraction of sp³-hybridized carbons (Fsp3) is 0.588. The van der Waals surface area contributed by atoms with Gasteiger partial charge in [0.1, 0.15) is 12.4 Å². The van der Waals surface area contributed by atoms with Crippen molar-refractivity contribution in [2.45, 2.75) is 33.4 Å². The molecule has 1 N–H and O–H groups in total. The molecule has 1 unspecified atom stereocenters. The molecule has 0 bridgehead atoms. The van der Waals surface area contributed by atoms with Gasteiger partial charge in [0.25, 0.3) is 0 Å². The molecule has 22 heavy (non-hydrogen) atoms. The van der Waals surface area contributed by atoms with Gasteiger partial charge in [0, 0.05) is 12.6 Å². The third-order valence-corrected chi connectivity index (χ3v) is 3.67. The molecule has 0 spiro atoms. The standard InChI is InChI=1S/C17H28N2O3/c1-5-19(6-2)14(3)11-18-17(20)13-22-12-15-8-7-9-16(10-15)21-4/h7-10,14H,5-6,11-13H2,1-4H3,(H,18,20). The van der Waals surface area contributed by atoms with Crippen molar-refractivity contribution in [2.75, 3.05) is 33.4 Å². The number of carbonyl (C=O) groups excluding carboxylic acids is 1. The lowest BCUT2D eigenvalue weighted by Crippen LogP contribution is -2.42. The van der Waals surface area contributed by atoms with Crippen LogP contribution in [-0.4, -0.2) is 50.2 Å². The van der Waals surface area contributed by atoms with Crippen molar-refractivity contribution < 1.29 is 14.3 Å². The molecule has 0 aliphatic heterocycles. The van der Waals surface area contributed by atoms with E-state index in [0.717, 1.165) is 24.4 Å². The monoisotopic (exact) mass is 308 g/mol. The van der Waals surface area contributed by atoms with E-state index in [1.807, 2.05) is 24.3 Å². The Morgan fingerprint density at radius 3 is 2.68 bits per heavy atom. The Kier molecular flexibility index (Phi) is 8.55. The number of nitrogens with one attached hydrogen (secondary N) is 1. The number of ether oxygens (including phenoxy) is 2. The molecule has 124 valence electrons. The Morgan fingerprint density at radius 2 is 2.05 bits per heavy atom. The zero-order valence-corrected chi connectivity index (χ0v) is 14.1. The van der Waals surface area contributed by atoms with E-state index in [4.69, 9.17) is 9.47 Å². The molecule has 1 aromatic carbocycles. The van der Waals surface area contributed by atoms with Crippen molar-refractivity contribution in [2.24, 2.45) is 0 Å². The molecule has 0 saturated carbocycles. The first kappa shape index (κ1) is 18.5. The summed E-state index contributed by atoms with van der Waals surface area (Å²) in [6, 6.07) is 7.97. The summed E-state index contributed by atoms with van der Waals surface area (Å²) < 4.78 is 10.6. The number of hydrogen-bond donors (Lipinski definition) is 1. The highest BCUT2D eigenvalue weighted by molar-refractivity contribution is 5.77. The van der Waals surface area contributed by atoms with Crippen LogP contribution in [0.15, 0.2) is 24.3 Å². The third-order valence-electron chi connectivity index (χ3n) is 3.67. The number of amides is 1. The summed E-state index contributed by atoms with van der Waals surface area (Å²) in [5.74, 6) is 0.709. The van der Waals surface area contributed by atoms with Crippen LogP contribution in [0.4, 0.5) is 0 Å². The van der Waals surface area contributed by atoms with E-state index in [0.29, 0.717) is 19.2 Å². The van der Waals surface area contributed by atoms with E-state index in [9.17, 15) is 4.79 Å². The van der Waals surface area contributed by atoms with Crippen molar-refractivity contribution in [1.29, 1.82) is 0 Å². The lowest BCUT2D eigenvalue weighted by atomic mass is 10.2. The molecule has 1 amide bonds. The molecular formula is C17H28N2O3. The number of carbonyl (C=O) groups is 1. The lowest BCUT2D eigenvalue weighted by Gasteiger charge is -2.26. The van der Waals surface area contributed by atoms with Gasteiger partial charge in [-0.3, -0.25) is 9.69 Å². The van der Waals surface area contributed by atoms with Crippen molar-refractivity contribution in [3.63, 3.8) is 0 Å². The quantitative estimate of drug-likeness (QED) is 0.719. The maximum absolute atomic E-state index is 11.8. The molecule has 1 aromatic rings. The molecule has 5 nitrogen and oxygen atoms in total. The molecule has 0 heterocycles. The average molecular weight is 308 g/mol. The highest BCUT2D eigenvalue weighted by Gasteiger charge is 2.11. The summed E-state index contributed by atoms with van der Waals surface area (Å²) in [4.78, 5) is 14.1. The van der Waals surface area contributed by atoms with E-state index in [1.54, 1.807) is 7.11 Å². The fourth-order valence-electron chi connectivity index (χ4n) is 2.31. The summed E-state index contributed by atoms with van der Waals surface area (Å²) in [5, 5.41) is 2.91. The van der Waals surface area contributed by atoms with Crippen LogP contribution in [0.3, 0.4) is 0 Å². The minimum absolute atomic E-state index is 0.0716. The molecular weight excluding hydrogens is 280 g/mol. The van der Waals surface area contributed by atoms with Crippen LogP contribution >= 0.6 is 0 Å². The molecule has 0 radical (unpaired) electrons. The van der Waals surface area contributed by atoms with Gasteiger partial charge in [-0.2, -0.15) is 0 Å². The van der Waals surface area contributed by atoms with E-state index in [-0.39, 0.29) is 12.5 Å². The van der Waals surface area contributed by atoms with Crippen LogP contribution in [0, 0.1) is 0 Å². The molecule has 0 aliphatic rings. The van der Waals surface area contributed by atoms with E-state index in [2.05, 4.69) is 31.0 Å². The summed E-state index contributed by atoms with van der Waals surface area (Å²) in [6.07, 6.45) is 0. The zero-order valence-electron chi connectivity index (χ0n) is 14.1. The van der Waals surface area contributed by atoms with Crippen molar-refractivity contribution in [1.82, 2.24) is 10.2 Å². The summed E-state index contributed by atoms with van der Waals surface area (Å²) >= 11 is 0. The summed E-state index contributed by atoms with van der Waals surface area (Å²) in [5.41, 5.74) is 0.989. The fourth-order valence-corrected chi connectivity index (χ4v) is 2.31. The van der Waals surface area contributed by atoms with Crippen LogP contribution < -0.4 is 10.1 Å². The summed E-state index contributed by atoms with van der Waals surface area (Å²) in [6.45, 7) is 9.45. The van der Waals surface area contributed by atoms with Crippen molar-refractivity contribution in [3.05, 3.63) is 29.8 Å². The van der Waals surface area contributed by atoms with Gasteiger partial charge < -0.3 is 14.8 Å². The third kappa shape index (κ3) is 6.45. The highest BCUT2D eigenvalue weighted by Crippen LogP contribution is 2.13. The Morgan fingerprint density at radius 1 is 1.32 bits per heavy atom. The molecule has 0 fully saturated rings. The van der Waals surface area contributed by atoms with Gasteiger partial charge >= 0.3 is 0 Å². The second kappa shape index (κ2) is 10.2. The van der Waals surface area contributed by atoms with Crippen molar-refractivity contribution in [3.8, 4) is 5.75 Å². The number of benzene rings is 1. The molecule has 5 heteroatoms. The lowest BCUT2D eigenvalue weighted by molar-refractivity contribution is -0.126. The van der Waals surface area contributed by atoms with Crippen LogP contribution in [0.5, 0.6) is 5.75 Å². The Labute approximate surface area is 133 Å². The smallest absolute Gasteiger partial charge is 0.246 e. The van der Waals surface area contributed by atoms with Gasteiger partial charge in [0.05, 0.1) is 13.7 Å². The van der Waals surface area contributed by atoms with Gasteiger partial charge in [-0.1, -0.05) is 26.0 Å². The molecule has 0 aromatic heterocycles. The normalized spacial score (nSPS) is 12.2. The molecule has 0 aliphatic carbocycles. The van der Waals surface area contributed by atoms with E-state index >= 15 is 0 Å². The minimum Gasteiger partial charge on any atom is -0.497 e. The van der Waals surface area contributed by atoms with E-state index in [1.165, 1.54) is 0 Å². The predicted molar refractivity (Wildman–Crippen MR) is 88.0 cm³/mol. The highest BCUT2D eigenvalue weighted by atomic mass is 16.5. The number of nitrogens with zero attached hydrogens (tertiary/aromatic N) is 1. The Hall–Kier alpha value is -1.59. The SMILES string of the molecule is CCN(CC)C(C)CNC(=O)COCc1cccc(OC)c1. The molecule has 1 atom stereocenters. The summed E-state index contributed by atoms with van der Waals surface area (Å²) in [7, 11) is 1.63. The van der Waals surface area contributed by atoms with Gasteiger partial charge in [-0.05, 0) is 37.7 Å². The second-order valence-electron chi connectivity index (χ2n) is 5.22. The maximum Gasteiger partial charge on any atom is 0.246 e. The average Bonchev–Trinajstić information content (AvgIpc) is 2.54. The molecule has 1 rings (SSSR count). The number of likely N-dealkylation sites (N-methyl/N-ethyl adjacent to an activating group) is 1. The Balaban J connectivity index is 2.25. The van der Waals surface area contributed by atoms with Gasteiger partial charge in [0.15, 0.2) is 0 Å². The van der Waals surface area contributed by atoms with Crippen LogP contribution in [0.1, 0.15) is 26.3 Å². The van der Waals surface area contributed by atoms with Crippen molar-refractivity contribution >= 4 is 5.91 Å². The van der Waals surface area contributed by atoms with Crippen LogP contribution in [-0.2, 0) is 16.1 Å². The molecule has 0 saturated heterocycles. The zero-order chi connectivity index (χ0) is 16.4. The largest absolute Gasteiger partial charge is 0.497 e. The van der Waals surface area contributed by atoms with Crippen LogP contribution in [0.25, 0.3) is 0 Å². The number of rotatable bonds is 10. The topological polar surface area (TPSA) is 50.8 Å². The maximum atomic E-state index is 11.8. The second-order valence-corrected chi connectivity index (χ2v) is 5.22. The predicted octanol–water partition coefficient (Wildman–Crippen LogP) is 2.06. The van der Waals surface area contributed by atoms with Crippen LogP contribution in [0.2, 0.25) is 0 Å². The van der Waals surface area contributed by atoms with Gasteiger partial charge in [-0.15, -0.1) is 0 Å². The first-order chi connectivity index (χ1) is 10.6. The number of hydrogen-bond acceptors (Lipinski definition) is 4. The minimum atomic E-state index is -0.0816. The number of methoxy groups -OCH3 is 1.